The van der Waals surface area contributed by atoms with Gasteiger partial charge in [-0.15, -0.1) is 0 Å². The van der Waals surface area contributed by atoms with Gasteiger partial charge in [0, 0.05) is 49.2 Å². The van der Waals surface area contributed by atoms with Gasteiger partial charge >= 0.3 is 0 Å². The smallest absolute Gasteiger partial charge is 0.203 e. The molecule has 0 aliphatic rings. The number of aryl methyl sites for hydroxylation is 2. The third kappa shape index (κ3) is 5.32. The lowest BCUT2D eigenvalue weighted by atomic mass is 10.4. The Morgan fingerprint density at radius 2 is 2.35 bits per heavy atom. The van der Waals surface area contributed by atoms with Crippen LogP contribution in [0.5, 0.6) is 0 Å². The van der Waals surface area contributed by atoms with E-state index in [2.05, 4.69) is 14.9 Å². The van der Waals surface area contributed by atoms with Crippen LogP contribution in [0.3, 0.4) is 0 Å². The summed E-state index contributed by atoms with van der Waals surface area (Å²) < 4.78 is 18.0. The van der Waals surface area contributed by atoms with Crippen LogP contribution >= 0.6 is 0 Å². The van der Waals surface area contributed by atoms with Crippen molar-refractivity contribution in [2.45, 2.75) is 19.9 Å². The van der Waals surface area contributed by atoms with Gasteiger partial charge in [0.05, 0.1) is 12.3 Å². The fourth-order valence-corrected chi connectivity index (χ4v) is 2.10. The van der Waals surface area contributed by atoms with E-state index in [1.54, 1.807) is 13.4 Å². The van der Waals surface area contributed by atoms with Gasteiger partial charge in [0.2, 0.25) is 5.95 Å². The molecule has 0 saturated heterocycles. The van der Waals surface area contributed by atoms with Crippen LogP contribution in [0, 0.1) is 6.92 Å². The Balaban J connectivity index is 2.48. The maximum atomic E-state index is 11.0. The van der Waals surface area contributed by atoms with Crippen molar-refractivity contribution in [3.05, 3.63) is 11.9 Å². The SMILES string of the molecule is COCCNc1nc(C)cn1CCCS(C)=O. The van der Waals surface area contributed by atoms with E-state index < -0.39 is 10.8 Å². The highest BCUT2D eigenvalue weighted by atomic mass is 32.2. The molecule has 0 amide bonds. The average molecular weight is 259 g/mol. The van der Waals surface area contributed by atoms with Gasteiger partial charge in [-0.3, -0.25) is 4.21 Å². The second-order valence-corrected chi connectivity index (χ2v) is 5.50. The van der Waals surface area contributed by atoms with Gasteiger partial charge in [-0.2, -0.15) is 0 Å². The van der Waals surface area contributed by atoms with E-state index in [4.69, 9.17) is 4.74 Å². The summed E-state index contributed by atoms with van der Waals surface area (Å²) in [5, 5.41) is 3.22. The molecule has 0 aromatic carbocycles. The molecule has 1 rings (SSSR count). The molecule has 1 aromatic rings. The first-order chi connectivity index (χ1) is 8.13. The number of ether oxygens (including phenoxy) is 1. The highest BCUT2D eigenvalue weighted by molar-refractivity contribution is 7.84. The first kappa shape index (κ1) is 14.2. The summed E-state index contributed by atoms with van der Waals surface area (Å²) in [7, 11) is 0.957. The van der Waals surface area contributed by atoms with Gasteiger partial charge in [0.1, 0.15) is 0 Å². The largest absolute Gasteiger partial charge is 0.383 e. The first-order valence-electron chi connectivity index (χ1n) is 5.70. The van der Waals surface area contributed by atoms with Crippen LogP contribution in [0.15, 0.2) is 6.20 Å². The van der Waals surface area contributed by atoms with Crippen molar-refractivity contribution < 1.29 is 8.95 Å². The molecule has 98 valence electrons. The zero-order valence-corrected chi connectivity index (χ0v) is 11.5. The molecular weight excluding hydrogens is 238 g/mol. The number of anilines is 1. The van der Waals surface area contributed by atoms with E-state index in [0.717, 1.165) is 36.9 Å². The highest BCUT2D eigenvalue weighted by Gasteiger charge is 2.04. The van der Waals surface area contributed by atoms with Crippen LogP contribution in [-0.2, 0) is 22.1 Å². The van der Waals surface area contributed by atoms with Gasteiger partial charge in [-0.1, -0.05) is 0 Å². The summed E-state index contributed by atoms with van der Waals surface area (Å²) in [6.07, 6.45) is 4.64. The Morgan fingerprint density at radius 1 is 1.59 bits per heavy atom. The lowest BCUT2D eigenvalue weighted by Crippen LogP contribution is -2.13. The van der Waals surface area contributed by atoms with Crippen molar-refractivity contribution in [3.63, 3.8) is 0 Å². The number of imidazole rings is 1. The minimum absolute atomic E-state index is 0.658. The molecule has 17 heavy (non-hydrogen) atoms. The average Bonchev–Trinajstić information content (AvgIpc) is 2.59. The van der Waals surface area contributed by atoms with Gasteiger partial charge < -0.3 is 14.6 Å². The van der Waals surface area contributed by atoms with Crippen molar-refractivity contribution in [1.29, 1.82) is 0 Å². The second-order valence-electron chi connectivity index (χ2n) is 3.95. The molecule has 0 bridgehead atoms. The number of hydrogen-bond acceptors (Lipinski definition) is 4. The Hall–Kier alpha value is -0.880. The summed E-state index contributed by atoms with van der Waals surface area (Å²) in [5.74, 6) is 1.59. The van der Waals surface area contributed by atoms with E-state index in [1.807, 2.05) is 13.1 Å². The second kappa shape index (κ2) is 7.45. The van der Waals surface area contributed by atoms with Crippen LogP contribution in [0.2, 0.25) is 0 Å². The molecule has 1 unspecified atom stereocenters. The number of methoxy groups -OCH3 is 1. The minimum Gasteiger partial charge on any atom is -0.383 e. The summed E-state index contributed by atoms with van der Waals surface area (Å²) in [6, 6.07) is 0. The normalized spacial score (nSPS) is 12.6. The minimum atomic E-state index is -0.720. The number of aromatic nitrogens is 2. The third-order valence-electron chi connectivity index (χ3n) is 2.32. The van der Waals surface area contributed by atoms with Gasteiger partial charge in [-0.05, 0) is 13.3 Å². The van der Waals surface area contributed by atoms with Gasteiger partial charge in [0.25, 0.3) is 0 Å². The van der Waals surface area contributed by atoms with Crippen LogP contribution < -0.4 is 5.32 Å². The number of rotatable bonds is 8. The molecule has 0 fully saturated rings. The predicted molar refractivity (Wildman–Crippen MR) is 70.9 cm³/mol. The van der Waals surface area contributed by atoms with Crippen LogP contribution in [-0.4, -0.2) is 46.0 Å². The van der Waals surface area contributed by atoms with E-state index in [1.165, 1.54) is 0 Å². The molecule has 0 radical (unpaired) electrons. The Bertz CT molecular complexity index is 366. The number of nitrogens with zero attached hydrogens (tertiary/aromatic N) is 2. The number of hydrogen-bond donors (Lipinski definition) is 1. The van der Waals surface area contributed by atoms with Crippen molar-refractivity contribution in [1.82, 2.24) is 9.55 Å². The number of nitrogens with one attached hydrogen (secondary N) is 1. The molecule has 1 N–H and O–H groups in total. The Kier molecular flexibility index (Phi) is 6.21. The zero-order chi connectivity index (χ0) is 12.7. The first-order valence-corrected chi connectivity index (χ1v) is 7.43. The fourth-order valence-electron chi connectivity index (χ4n) is 1.56. The lowest BCUT2D eigenvalue weighted by Gasteiger charge is -2.08. The quantitative estimate of drug-likeness (QED) is 0.708. The lowest BCUT2D eigenvalue weighted by molar-refractivity contribution is 0.210. The molecular formula is C11H21N3O2S. The molecule has 1 atom stereocenters. The molecule has 5 nitrogen and oxygen atoms in total. The van der Waals surface area contributed by atoms with Crippen LogP contribution in [0.4, 0.5) is 5.95 Å². The summed E-state index contributed by atoms with van der Waals surface area (Å²) in [5.41, 5.74) is 0.988. The summed E-state index contributed by atoms with van der Waals surface area (Å²) in [4.78, 5) is 4.40. The molecule has 1 aromatic heterocycles. The van der Waals surface area contributed by atoms with Gasteiger partial charge in [0.15, 0.2) is 0 Å². The van der Waals surface area contributed by atoms with Crippen molar-refractivity contribution >= 4 is 16.7 Å². The molecule has 0 saturated carbocycles. The Labute approximate surface area is 105 Å². The van der Waals surface area contributed by atoms with Crippen LogP contribution in [0.1, 0.15) is 12.1 Å². The van der Waals surface area contributed by atoms with Crippen molar-refractivity contribution in [2.75, 3.05) is 37.6 Å². The zero-order valence-electron chi connectivity index (χ0n) is 10.7. The van der Waals surface area contributed by atoms with Gasteiger partial charge in [-0.25, -0.2) is 4.98 Å². The maximum Gasteiger partial charge on any atom is 0.203 e. The molecule has 0 aliphatic heterocycles. The van der Waals surface area contributed by atoms with Crippen LogP contribution in [0.25, 0.3) is 0 Å². The summed E-state index contributed by atoms with van der Waals surface area (Å²) in [6.45, 7) is 4.21. The van der Waals surface area contributed by atoms with E-state index in [0.29, 0.717) is 6.61 Å². The van der Waals surface area contributed by atoms with E-state index >= 15 is 0 Å². The molecule has 0 spiro atoms. The fraction of sp³-hybridized carbons (Fsp3) is 0.727. The topological polar surface area (TPSA) is 56.1 Å². The molecule has 1 heterocycles. The monoisotopic (exact) mass is 259 g/mol. The van der Waals surface area contributed by atoms with Crippen molar-refractivity contribution in [3.8, 4) is 0 Å². The third-order valence-corrected chi connectivity index (χ3v) is 3.18. The molecule has 6 heteroatoms. The standard InChI is InChI=1S/C11H21N3O2S/c1-10-9-14(6-4-8-17(3)15)11(13-10)12-5-7-16-2/h9H,4-8H2,1-3H3,(H,12,13). The van der Waals surface area contributed by atoms with Crippen molar-refractivity contribution in [2.24, 2.45) is 0 Å². The highest BCUT2D eigenvalue weighted by Crippen LogP contribution is 2.09. The van der Waals surface area contributed by atoms with E-state index in [-0.39, 0.29) is 0 Å². The van der Waals surface area contributed by atoms with E-state index in [9.17, 15) is 4.21 Å². The predicted octanol–water partition coefficient (Wildman–Crippen LogP) is 1.02. The summed E-state index contributed by atoms with van der Waals surface area (Å²) >= 11 is 0. The molecule has 0 aliphatic carbocycles. The Morgan fingerprint density at radius 3 is 3.00 bits per heavy atom. The maximum absolute atomic E-state index is 11.0.